The highest BCUT2D eigenvalue weighted by molar-refractivity contribution is 6.01. The van der Waals surface area contributed by atoms with Gasteiger partial charge in [-0.3, -0.25) is 4.79 Å². The summed E-state index contributed by atoms with van der Waals surface area (Å²) >= 11 is 0. The number of ether oxygens (including phenoxy) is 1. The molecule has 0 spiro atoms. The fraction of sp³-hybridized carbons (Fsp3) is 0.222. The maximum Gasteiger partial charge on any atom is 0.337 e. The van der Waals surface area contributed by atoms with Gasteiger partial charge in [-0.05, 0) is 41.8 Å². The molecule has 0 heterocycles. The van der Waals surface area contributed by atoms with E-state index in [1.165, 1.54) is 17.7 Å². The second-order valence-corrected chi connectivity index (χ2v) is 5.60. The van der Waals surface area contributed by atoms with Crippen molar-refractivity contribution in [3.63, 3.8) is 0 Å². The molecule has 0 radical (unpaired) electrons. The average Bonchev–Trinajstić information content (AvgIpc) is 2.54. The Bertz CT molecular complexity index is 738. The summed E-state index contributed by atoms with van der Waals surface area (Å²) in [5.74, 6) is -0.959. The number of hydrogen-bond donors (Lipinski definition) is 3. The van der Waals surface area contributed by atoms with Gasteiger partial charge in [-0.15, -0.1) is 0 Å². The summed E-state index contributed by atoms with van der Waals surface area (Å²) in [4.78, 5) is 23.1. The average molecular weight is 329 g/mol. The Kier molecular flexibility index (Phi) is 5.42. The van der Waals surface area contributed by atoms with Gasteiger partial charge in [0.25, 0.3) is 5.91 Å². The van der Waals surface area contributed by atoms with Crippen molar-refractivity contribution in [2.75, 3.05) is 11.9 Å². The van der Waals surface area contributed by atoms with Crippen molar-refractivity contribution >= 4 is 17.6 Å². The summed E-state index contributed by atoms with van der Waals surface area (Å²) in [6, 6.07) is 11.1. The number of phenolic OH excluding ortho intramolecular Hbond substituents is 1. The lowest BCUT2D eigenvalue weighted by molar-refractivity contribution is -0.118. The lowest BCUT2D eigenvalue weighted by Gasteiger charge is -2.11. The van der Waals surface area contributed by atoms with Crippen LogP contribution in [0.2, 0.25) is 0 Å². The first-order valence-corrected chi connectivity index (χ1v) is 7.45. The standard InChI is InChI=1S/C18H19NO5/c1-11(2)12-3-6-14(7-4-12)24-10-17(21)19-16-8-5-13(20)9-15(16)18(22)23/h3-9,11,20H,10H2,1-2H3,(H,19,21)(H,22,23). The molecule has 3 N–H and O–H groups in total. The van der Waals surface area contributed by atoms with Crippen molar-refractivity contribution in [2.24, 2.45) is 0 Å². The van der Waals surface area contributed by atoms with Crippen LogP contribution in [0.15, 0.2) is 42.5 Å². The van der Waals surface area contributed by atoms with Crippen LogP contribution in [0.3, 0.4) is 0 Å². The van der Waals surface area contributed by atoms with Gasteiger partial charge in [0.1, 0.15) is 11.5 Å². The number of amides is 1. The van der Waals surface area contributed by atoms with Gasteiger partial charge in [-0.2, -0.15) is 0 Å². The number of carboxylic acids is 1. The number of phenols is 1. The minimum absolute atomic E-state index is 0.101. The molecule has 2 aromatic carbocycles. The van der Waals surface area contributed by atoms with Crippen LogP contribution in [-0.2, 0) is 4.79 Å². The zero-order valence-electron chi connectivity index (χ0n) is 13.4. The van der Waals surface area contributed by atoms with E-state index in [9.17, 15) is 14.7 Å². The van der Waals surface area contributed by atoms with Crippen LogP contribution in [0.25, 0.3) is 0 Å². The topological polar surface area (TPSA) is 95.9 Å². The number of carbonyl (C=O) groups excluding carboxylic acids is 1. The molecule has 2 rings (SSSR count). The molecule has 6 nitrogen and oxygen atoms in total. The lowest BCUT2D eigenvalue weighted by Crippen LogP contribution is -2.21. The highest BCUT2D eigenvalue weighted by Gasteiger charge is 2.13. The highest BCUT2D eigenvalue weighted by Crippen LogP contribution is 2.22. The van der Waals surface area contributed by atoms with Gasteiger partial charge in [-0.25, -0.2) is 4.79 Å². The Hall–Kier alpha value is -3.02. The van der Waals surface area contributed by atoms with Gasteiger partial charge >= 0.3 is 5.97 Å². The zero-order chi connectivity index (χ0) is 17.7. The van der Waals surface area contributed by atoms with E-state index in [0.717, 1.165) is 6.07 Å². The second-order valence-electron chi connectivity index (χ2n) is 5.60. The van der Waals surface area contributed by atoms with Crippen molar-refractivity contribution in [2.45, 2.75) is 19.8 Å². The number of carbonyl (C=O) groups is 2. The molecule has 0 aliphatic rings. The van der Waals surface area contributed by atoms with E-state index in [0.29, 0.717) is 11.7 Å². The van der Waals surface area contributed by atoms with Gasteiger partial charge < -0.3 is 20.3 Å². The van der Waals surface area contributed by atoms with Crippen molar-refractivity contribution in [3.8, 4) is 11.5 Å². The Morgan fingerprint density at radius 3 is 2.38 bits per heavy atom. The summed E-state index contributed by atoms with van der Waals surface area (Å²) in [6.45, 7) is 3.92. The third kappa shape index (κ3) is 4.49. The van der Waals surface area contributed by atoms with E-state index in [2.05, 4.69) is 19.2 Å². The largest absolute Gasteiger partial charge is 0.508 e. The molecule has 0 saturated carbocycles. The SMILES string of the molecule is CC(C)c1ccc(OCC(=O)Nc2ccc(O)cc2C(=O)O)cc1. The predicted molar refractivity (Wildman–Crippen MR) is 89.7 cm³/mol. The molecular formula is C18H19NO5. The number of carboxylic acid groups (broad SMARTS) is 1. The molecule has 24 heavy (non-hydrogen) atoms. The number of rotatable bonds is 6. The number of benzene rings is 2. The predicted octanol–water partition coefficient (Wildman–Crippen LogP) is 3.23. The third-order valence-electron chi connectivity index (χ3n) is 3.42. The number of aromatic hydroxyl groups is 1. The zero-order valence-corrected chi connectivity index (χ0v) is 13.4. The molecule has 0 atom stereocenters. The molecule has 0 bridgehead atoms. The quantitative estimate of drug-likeness (QED) is 0.707. The minimum atomic E-state index is -1.24. The molecule has 2 aromatic rings. The third-order valence-corrected chi connectivity index (χ3v) is 3.42. The Labute approximate surface area is 139 Å². The summed E-state index contributed by atoms with van der Waals surface area (Å²) in [7, 11) is 0. The van der Waals surface area contributed by atoms with Crippen LogP contribution in [-0.4, -0.2) is 28.7 Å². The smallest absolute Gasteiger partial charge is 0.337 e. The van der Waals surface area contributed by atoms with Crippen LogP contribution in [0.4, 0.5) is 5.69 Å². The molecule has 0 unspecified atom stereocenters. The minimum Gasteiger partial charge on any atom is -0.508 e. The fourth-order valence-corrected chi connectivity index (χ4v) is 2.10. The number of hydrogen-bond acceptors (Lipinski definition) is 4. The molecule has 0 fully saturated rings. The van der Waals surface area contributed by atoms with E-state index in [-0.39, 0.29) is 23.6 Å². The van der Waals surface area contributed by atoms with Gasteiger partial charge in [0.2, 0.25) is 0 Å². The Morgan fingerprint density at radius 1 is 1.12 bits per heavy atom. The Balaban J connectivity index is 1.97. The van der Waals surface area contributed by atoms with E-state index in [4.69, 9.17) is 9.84 Å². The van der Waals surface area contributed by atoms with Crippen molar-refractivity contribution < 1.29 is 24.5 Å². The van der Waals surface area contributed by atoms with E-state index < -0.39 is 11.9 Å². The van der Waals surface area contributed by atoms with E-state index >= 15 is 0 Å². The van der Waals surface area contributed by atoms with Crippen molar-refractivity contribution in [1.29, 1.82) is 0 Å². The van der Waals surface area contributed by atoms with Gasteiger partial charge in [0.15, 0.2) is 6.61 Å². The van der Waals surface area contributed by atoms with E-state index in [1.807, 2.05) is 12.1 Å². The normalized spacial score (nSPS) is 10.5. The molecule has 0 aromatic heterocycles. The first-order chi connectivity index (χ1) is 11.4. The first kappa shape index (κ1) is 17.3. The summed E-state index contributed by atoms with van der Waals surface area (Å²) < 4.78 is 5.39. The van der Waals surface area contributed by atoms with Gasteiger partial charge in [0, 0.05) is 0 Å². The second kappa shape index (κ2) is 7.50. The maximum absolute atomic E-state index is 11.9. The highest BCUT2D eigenvalue weighted by atomic mass is 16.5. The molecule has 126 valence electrons. The number of nitrogens with one attached hydrogen (secondary N) is 1. The van der Waals surface area contributed by atoms with Crippen molar-refractivity contribution in [1.82, 2.24) is 0 Å². The van der Waals surface area contributed by atoms with Crippen LogP contribution in [0.1, 0.15) is 35.7 Å². The number of anilines is 1. The first-order valence-electron chi connectivity index (χ1n) is 7.45. The van der Waals surface area contributed by atoms with Crippen LogP contribution in [0, 0.1) is 0 Å². The van der Waals surface area contributed by atoms with E-state index in [1.54, 1.807) is 12.1 Å². The summed E-state index contributed by atoms with van der Waals surface area (Å²) in [5, 5.41) is 20.9. The Morgan fingerprint density at radius 2 is 1.79 bits per heavy atom. The molecule has 6 heteroatoms. The molecule has 0 saturated heterocycles. The summed E-state index contributed by atoms with van der Waals surface area (Å²) in [6.07, 6.45) is 0. The molecule has 0 aliphatic carbocycles. The van der Waals surface area contributed by atoms with Crippen molar-refractivity contribution in [3.05, 3.63) is 53.6 Å². The number of aromatic carboxylic acids is 1. The van der Waals surface area contributed by atoms with Gasteiger partial charge in [-0.1, -0.05) is 26.0 Å². The summed E-state index contributed by atoms with van der Waals surface area (Å²) in [5.41, 5.74) is 1.08. The maximum atomic E-state index is 11.9. The lowest BCUT2D eigenvalue weighted by atomic mass is 10.0. The van der Waals surface area contributed by atoms with Crippen LogP contribution < -0.4 is 10.1 Å². The molecular weight excluding hydrogens is 310 g/mol. The molecule has 0 aliphatic heterocycles. The molecule has 1 amide bonds. The monoisotopic (exact) mass is 329 g/mol. The van der Waals surface area contributed by atoms with Crippen LogP contribution >= 0.6 is 0 Å². The fourth-order valence-electron chi connectivity index (χ4n) is 2.10. The van der Waals surface area contributed by atoms with Gasteiger partial charge in [0.05, 0.1) is 11.3 Å². The van der Waals surface area contributed by atoms with Crippen LogP contribution in [0.5, 0.6) is 11.5 Å².